The monoisotopic (exact) mass is 713 g/mol. The molecule has 1 aromatic heterocycles. The van der Waals surface area contributed by atoms with Crippen LogP contribution in [0.5, 0.6) is 0 Å². The maximum Gasteiger partial charge on any atom is 0.143 e. The second kappa shape index (κ2) is 13.2. The molecule has 0 saturated heterocycles. The molecule has 0 amide bonds. The molecule has 56 heavy (non-hydrogen) atoms. The van der Waals surface area contributed by atoms with Gasteiger partial charge in [-0.25, -0.2) is 0 Å². The van der Waals surface area contributed by atoms with Crippen molar-refractivity contribution in [2.45, 2.75) is 0 Å². The topological polar surface area (TPSA) is 16.4 Å². The van der Waals surface area contributed by atoms with Crippen molar-refractivity contribution < 1.29 is 4.42 Å². The number of benzene rings is 10. The lowest BCUT2D eigenvalue weighted by atomic mass is 9.94. The zero-order chi connectivity index (χ0) is 37.0. The normalized spacial score (nSPS) is 11.6. The highest BCUT2D eigenvalue weighted by Gasteiger charge is 2.23. The summed E-state index contributed by atoms with van der Waals surface area (Å²) in [5.41, 5.74) is 12.0. The fourth-order valence-electron chi connectivity index (χ4n) is 8.51. The molecule has 262 valence electrons. The van der Waals surface area contributed by atoms with Gasteiger partial charge in [0.2, 0.25) is 0 Å². The third-order valence-electron chi connectivity index (χ3n) is 11.2. The number of furan rings is 1. The Morgan fingerprint density at radius 2 is 0.804 bits per heavy atom. The number of hydrogen-bond acceptors (Lipinski definition) is 2. The summed E-state index contributed by atoms with van der Waals surface area (Å²) in [6.07, 6.45) is 0. The van der Waals surface area contributed by atoms with Crippen molar-refractivity contribution in [3.63, 3.8) is 0 Å². The Morgan fingerprint density at radius 1 is 0.321 bits per heavy atom. The van der Waals surface area contributed by atoms with Gasteiger partial charge in [0.25, 0.3) is 0 Å². The molecule has 0 aliphatic carbocycles. The van der Waals surface area contributed by atoms with Crippen molar-refractivity contribution in [1.82, 2.24) is 0 Å². The molecule has 11 rings (SSSR count). The number of nitrogens with zero attached hydrogens (tertiary/aromatic N) is 1. The Hall–Kier alpha value is -7.42. The van der Waals surface area contributed by atoms with Crippen molar-refractivity contribution in [3.8, 4) is 33.4 Å². The van der Waals surface area contributed by atoms with Gasteiger partial charge in [-0.3, -0.25) is 0 Å². The Kier molecular flexibility index (Phi) is 7.53. The summed E-state index contributed by atoms with van der Waals surface area (Å²) in [6.45, 7) is 0. The first-order valence-corrected chi connectivity index (χ1v) is 19.2. The maximum atomic E-state index is 6.98. The third kappa shape index (κ3) is 5.34. The Morgan fingerprint density at radius 3 is 1.43 bits per heavy atom. The summed E-state index contributed by atoms with van der Waals surface area (Å²) >= 11 is 0. The average molecular weight is 714 g/mol. The minimum Gasteiger partial charge on any atom is -0.455 e. The predicted molar refractivity (Wildman–Crippen MR) is 237 cm³/mol. The van der Waals surface area contributed by atoms with E-state index < -0.39 is 0 Å². The fourth-order valence-corrected chi connectivity index (χ4v) is 8.51. The highest BCUT2D eigenvalue weighted by atomic mass is 16.3. The standard InChI is InChI=1S/C54H35NO/c1-3-13-36(14-4-1)39-25-29-43(30-26-39)55(44-31-27-40(28-32-44)37-15-5-2-6-16-37)51-34-50-52(35-49(51)42-24-23-38-17-7-8-18-41(38)33-42)56-54-48-22-12-10-20-46(48)45-19-9-11-21-47(45)53(50)54/h1-35H. The number of hydrogen-bond donors (Lipinski definition) is 0. The van der Waals surface area contributed by atoms with Gasteiger partial charge in [0, 0.05) is 33.1 Å². The van der Waals surface area contributed by atoms with Crippen LogP contribution in [-0.2, 0) is 0 Å². The van der Waals surface area contributed by atoms with Crippen LogP contribution in [-0.4, -0.2) is 0 Å². The van der Waals surface area contributed by atoms with Crippen LogP contribution in [0.25, 0.3) is 87.6 Å². The molecule has 0 aliphatic heterocycles. The lowest BCUT2D eigenvalue weighted by Gasteiger charge is -2.28. The van der Waals surface area contributed by atoms with Crippen molar-refractivity contribution in [1.29, 1.82) is 0 Å². The molecule has 2 nitrogen and oxygen atoms in total. The van der Waals surface area contributed by atoms with E-state index in [0.717, 1.165) is 55.5 Å². The van der Waals surface area contributed by atoms with Crippen LogP contribution in [0, 0.1) is 0 Å². The highest BCUT2D eigenvalue weighted by Crippen LogP contribution is 2.48. The first-order valence-electron chi connectivity index (χ1n) is 19.2. The Labute approximate surface area is 325 Å². The average Bonchev–Trinajstić information content (AvgIpc) is 3.66. The quantitative estimate of drug-likeness (QED) is 0.160. The minimum absolute atomic E-state index is 0.868. The largest absolute Gasteiger partial charge is 0.455 e. The number of fused-ring (bicyclic) bond motifs is 9. The molecule has 0 atom stereocenters. The van der Waals surface area contributed by atoms with Crippen molar-refractivity contribution in [2.24, 2.45) is 0 Å². The second-order valence-corrected chi connectivity index (χ2v) is 14.5. The summed E-state index contributed by atoms with van der Waals surface area (Å²) < 4.78 is 6.98. The van der Waals surface area contributed by atoms with E-state index in [4.69, 9.17) is 4.42 Å². The van der Waals surface area contributed by atoms with E-state index in [9.17, 15) is 0 Å². The van der Waals surface area contributed by atoms with Gasteiger partial charge in [0.1, 0.15) is 11.2 Å². The van der Waals surface area contributed by atoms with Crippen LogP contribution >= 0.6 is 0 Å². The van der Waals surface area contributed by atoms with Gasteiger partial charge in [-0.1, -0.05) is 170 Å². The van der Waals surface area contributed by atoms with Crippen LogP contribution in [0.3, 0.4) is 0 Å². The minimum atomic E-state index is 0.868. The van der Waals surface area contributed by atoms with Crippen LogP contribution in [0.2, 0.25) is 0 Å². The zero-order valence-corrected chi connectivity index (χ0v) is 30.6. The second-order valence-electron chi connectivity index (χ2n) is 14.5. The van der Waals surface area contributed by atoms with Gasteiger partial charge < -0.3 is 9.32 Å². The molecule has 0 unspecified atom stereocenters. The predicted octanol–water partition coefficient (Wildman–Crippen LogP) is 15.5. The summed E-state index contributed by atoms with van der Waals surface area (Å²) in [4.78, 5) is 2.41. The van der Waals surface area contributed by atoms with Gasteiger partial charge >= 0.3 is 0 Å². The van der Waals surface area contributed by atoms with Crippen LogP contribution in [0.1, 0.15) is 0 Å². The first kappa shape index (κ1) is 32.0. The first-order chi connectivity index (χ1) is 27.8. The molecule has 0 saturated carbocycles. The molecule has 0 spiro atoms. The van der Waals surface area contributed by atoms with E-state index in [1.54, 1.807) is 0 Å². The number of anilines is 3. The molecule has 0 aliphatic rings. The van der Waals surface area contributed by atoms with E-state index in [1.165, 1.54) is 49.2 Å². The molecule has 1 heterocycles. The smallest absolute Gasteiger partial charge is 0.143 e. The van der Waals surface area contributed by atoms with Gasteiger partial charge in [-0.2, -0.15) is 0 Å². The lowest BCUT2D eigenvalue weighted by molar-refractivity contribution is 0.673. The zero-order valence-electron chi connectivity index (χ0n) is 30.6. The van der Waals surface area contributed by atoms with Crippen LogP contribution in [0.4, 0.5) is 17.1 Å². The molecule has 0 fully saturated rings. The van der Waals surface area contributed by atoms with Crippen molar-refractivity contribution in [2.75, 3.05) is 4.90 Å². The summed E-state index contributed by atoms with van der Waals surface area (Å²) in [5.74, 6) is 0. The third-order valence-corrected chi connectivity index (χ3v) is 11.2. The van der Waals surface area contributed by atoms with E-state index in [0.29, 0.717) is 0 Å². The fraction of sp³-hybridized carbons (Fsp3) is 0. The van der Waals surface area contributed by atoms with Gasteiger partial charge in [0.05, 0.1) is 5.69 Å². The van der Waals surface area contributed by atoms with E-state index in [-0.39, 0.29) is 0 Å². The molecule has 0 bridgehead atoms. The molecular weight excluding hydrogens is 679 g/mol. The maximum absolute atomic E-state index is 6.98. The summed E-state index contributed by atoms with van der Waals surface area (Å²) in [7, 11) is 0. The SMILES string of the molecule is c1ccc(-c2ccc(N(c3ccc(-c4ccccc4)cc3)c3cc4c(cc3-c3ccc5ccccc5c3)oc3c5ccccc5c5ccccc5c43)cc2)cc1. The van der Waals surface area contributed by atoms with E-state index in [2.05, 4.69) is 217 Å². The van der Waals surface area contributed by atoms with Crippen molar-refractivity contribution in [3.05, 3.63) is 212 Å². The molecule has 0 N–H and O–H groups in total. The van der Waals surface area contributed by atoms with Gasteiger partial charge in [-0.05, 0) is 97.2 Å². The Bertz CT molecular complexity index is 3130. The van der Waals surface area contributed by atoms with Gasteiger partial charge in [0.15, 0.2) is 0 Å². The molecule has 10 aromatic carbocycles. The summed E-state index contributed by atoms with van der Waals surface area (Å²) in [5, 5.41) is 9.37. The molecule has 2 heteroatoms. The molecule has 11 aromatic rings. The van der Waals surface area contributed by atoms with Gasteiger partial charge in [-0.15, -0.1) is 0 Å². The molecular formula is C54H35NO. The Balaban J connectivity index is 1.21. The van der Waals surface area contributed by atoms with E-state index >= 15 is 0 Å². The van der Waals surface area contributed by atoms with Crippen LogP contribution < -0.4 is 4.90 Å². The number of rotatable bonds is 6. The highest BCUT2D eigenvalue weighted by molar-refractivity contribution is 6.30. The summed E-state index contributed by atoms with van der Waals surface area (Å²) in [6, 6.07) is 76.4. The molecule has 0 radical (unpaired) electrons. The lowest BCUT2D eigenvalue weighted by Crippen LogP contribution is -2.11. The van der Waals surface area contributed by atoms with Crippen LogP contribution in [0.15, 0.2) is 217 Å². The van der Waals surface area contributed by atoms with E-state index in [1.807, 2.05) is 0 Å². The van der Waals surface area contributed by atoms with Crippen molar-refractivity contribution >= 4 is 71.3 Å².